The van der Waals surface area contributed by atoms with E-state index in [0.29, 0.717) is 5.69 Å². The van der Waals surface area contributed by atoms with Gasteiger partial charge >= 0.3 is 0 Å². The Morgan fingerprint density at radius 1 is 1.50 bits per heavy atom. The summed E-state index contributed by atoms with van der Waals surface area (Å²) in [6.07, 6.45) is 0. The maximum absolute atomic E-state index is 12.9. The van der Waals surface area contributed by atoms with Crippen LogP contribution < -0.4 is 16.0 Å². The van der Waals surface area contributed by atoms with Gasteiger partial charge in [0.2, 0.25) is 0 Å². The van der Waals surface area contributed by atoms with Crippen LogP contribution in [0.25, 0.3) is 0 Å². The average molecular weight is 197 g/mol. The topological polar surface area (TPSA) is 41.3 Å². The fourth-order valence-corrected chi connectivity index (χ4v) is 1.25. The Hall–Kier alpha value is -1.29. The lowest BCUT2D eigenvalue weighted by Crippen LogP contribution is -2.27. The summed E-state index contributed by atoms with van der Waals surface area (Å²) < 4.78 is 12.9. The highest BCUT2D eigenvalue weighted by atomic mass is 19.1. The van der Waals surface area contributed by atoms with E-state index in [1.807, 2.05) is 19.0 Å². The molecule has 4 heteroatoms. The predicted molar refractivity (Wildman–Crippen MR) is 58.0 cm³/mol. The maximum atomic E-state index is 12.9. The van der Waals surface area contributed by atoms with E-state index in [9.17, 15) is 4.39 Å². The van der Waals surface area contributed by atoms with Crippen LogP contribution in [0.5, 0.6) is 0 Å². The zero-order chi connectivity index (χ0) is 10.6. The molecule has 3 nitrogen and oxygen atoms in total. The first kappa shape index (κ1) is 10.8. The highest BCUT2D eigenvalue weighted by Crippen LogP contribution is 2.22. The lowest BCUT2D eigenvalue weighted by atomic mass is 10.2. The number of hydrogen-bond acceptors (Lipinski definition) is 3. The molecule has 1 aromatic rings. The average Bonchev–Trinajstić information content (AvgIpc) is 2.18. The third-order valence-electron chi connectivity index (χ3n) is 2.10. The number of nitrogens with one attached hydrogen (secondary N) is 1. The summed E-state index contributed by atoms with van der Waals surface area (Å²) in [5, 5.41) is 3.03. The van der Waals surface area contributed by atoms with Crippen molar-refractivity contribution in [1.29, 1.82) is 0 Å². The molecule has 0 aliphatic rings. The lowest BCUT2D eigenvalue weighted by Gasteiger charge is -2.20. The molecule has 0 aliphatic heterocycles. The molecule has 0 fully saturated rings. The fourth-order valence-electron chi connectivity index (χ4n) is 1.25. The van der Waals surface area contributed by atoms with Gasteiger partial charge in [0, 0.05) is 20.1 Å². The Balaban J connectivity index is 2.77. The molecule has 0 saturated heterocycles. The Kier molecular flexibility index (Phi) is 3.71. The first-order chi connectivity index (χ1) is 6.65. The number of halogens is 1. The Bertz CT molecular complexity index is 301. The van der Waals surface area contributed by atoms with E-state index in [4.69, 9.17) is 5.73 Å². The summed E-state index contributed by atoms with van der Waals surface area (Å²) in [6, 6.07) is 4.40. The molecular weight excluding hydrogens is 181 g/mol. The van der Waals surface area contributed by atoms with E-state index >= 15 is 0 Å². The third kappa shape index (κ3) is 2.60. The number of hydrogen-bond donors (Lipinski definition) is 2. The minimum absolute atomic E-state index is 0.259. The molecule has 3 N–H and O–H groups in total. The van der Waals surface area contributed by atoms with Crippen molar-refractivity contribution in [3.8, 4) is 0 Å². The Morgan fingerprint density at radius 3 is 2.86 bits per heavy atom. The predicted octanol–water partition coefficient (Wildman–Crippen LogP) is 1.06. The summed E-state index contributed by atoms with van der Waals surface area (Å²) in [7, 11) is 3.77. The largest absolute Gasteiger partial charge is 0.397 e. The van der Waals surface area contributed by atoms with Crippen molar-refractivity contribution in [2.75, 3.05) is 37.8 Å². The molecule has 1 rings (SSSR count). The molecule has 0 saturated carbocycles. The van der Waals surface area contributed by atoms with Gasteiger partial charge in [-0.05, 0) is 25.2 Å². The van der Waals surface area contributed by atoms with Gasteiger partial charge in [-0.15, -0.1) is 0 Å². The van der Waals surface area contributed by atoms with Gasteiger partial charge in [-0.3, -0.25) is 0 Å². The zero-order valence-corrected chi connectivity index (χ0v) is 8.55. The molecule has 0 aliphatic carbocycles. The molecular formula is C10H16FN3. The highest BCUT2D eigenvalue weighted by Gasteiger charge is 2.05. The molecule has 0 bridgehead atoms. The van der Waals surface area contributed by atoms with Crippen LogP contribution in [0.2, 0.25) is 0 Å². The molecule has 0 amide bonds. The molecule has 0 aromatic heterocycles. The standard InChI is InChI=1S/C10H16FN3/c1-13-5-6-14(2)10-7-8(11)3-4-9(10)12/h3-4,7,13H,5-6,12H2,1-2H3. The van der Waals surface area contributed by atoms with Crippen LogP contribution in [0.1, 0.15) is 0 Å². The van der Waals surface area contributed by atoms with Crippen LogP contribution in [0.15, 0.2) is 18.2 Å². The molecule has 0 radical (unpaired) electrons. The minimum atomic E-state index is -0.259. The van der Waals surface area contributed by atoms with Gasteiger partial charge in [0.05, 0.1) is 11.4 Å². The molecule has 1 aromatic carbocycles. The highest BCUT2D eigenvalue weighted by molar-refractivity contribution is 5.67. The second-order valence-corrected chi connectivity index (χ2v) is 3.23. The van der Waals surface area contributed by atoms with Crippen LogP contribution in [-0.2, 0) is 0 Å². The summed E-state index contributed by atoms with van der Waals surface area (Å²) in [4.78, 5) is 1.93. The summed E-state index contributed by atoms with van der Waals surface area (Å²) in [6.45, 7) is 1.64. The van der Waals surface area contributed by atoms with Gasteiger partial charge in [-0.1, -0.05) is 0 Å². The van der Waals surface area contributed by atoms with E-state index in [0.717, 1.165) is 18.8 Å². The van der Waals surface area contributed by atoms with Crippen molar-refractivity contribution in [2.24, 2.45) is 0 Å². The number of likely N-dealkylation sites (N-methyl/N-ethyl adjacent to an activating group) is 2. The third-order valence-corrected chi connectivity index (χ3v) is 2.10. The van der Waals surface area contributed by atoms with Crippen LogP contribution in [0, 0.1) is 5.82 Å². The monoisotopic (exact) mass is 197 g/mol. The van der Waals surface area contributed by atoms with Gasteiger partial charge in [-0.2, -0.15) is 0 Å². The first-order valence-electron chi connectivity index (χ1n) is 4.56. The van der Waals surface area contributed by atoms with Crippen molar-refractivity contribution >= 4 is 11.4 Å². The van der Waals surface area contributed by atoms with E-state index in [-0.39, 0.29) is 5.82 Å². The van der Waals surface area contributed by atoms with Crippen molar-refractivity contribution < 1.29 is 4.39 Å². The van der Waals surface area contributed by atoms with Crippen LogP contribution >= 0.6 is 0 Å². The van der Waals surface area contributed by atoms with Gasteiger partial charge < -0.3 is 16.0 Å². The lowest BCUT2D eigenvalue weighted by molar-refractivity contribution is 0.627. The summed E-state index contributed by atoms with van der Waals surface area (Å²) >= 11 is 0. The van der Waals surface area contributed by atoms with Crippen molar-refractivity contribution in [2.45, 2.75) is 0 Å². The second-order valence-electron chi connectivity index (χ2n) is 3.23. The summed E-state index contributed by atoms with van der Waals surface area (Å²) in [5.41, 5.74) is 7.07. The SMILES string of the molecule is CNCCN(C)c1cc(F)ccc1N. The normalized spacial score (nSPS) is 10.2. The molecule has 0 spiro atoms. The molecule has 0 atom stereocenters. The second kappa shape index (κ2) is 4.81. The van der Waals surface area contributed by atoms with E-state index in [1.165, 1.54) is 12.1 Å². The van der Waals surface area contributed by atoms with E-state index in [1.54, 1.807) is 6.07 Å². The van der Waals surface area contributed by atoms with Crippen molar-refractivity contribution in [3.05, 3.63) is 24.0 Å². The van der Waals surface area contributed by atoms with Crippen LogP contribution in [0.4, 0.5) is 15.8 Å². The Morgan fingerprint density at radius 2 is 2.21 bits per heavy atom. The van der Waals surface area contributed by atoms with Gasteiger partial charge in [0.1, 0.15) is 5.82 Å². The quantitative estimate of drug-likeness (QED) is 0.709. The fraction of sp³-hybridized carbons (Fsp3) is 0.400. The zero-order valence-electron chi connectivity index (χ0n) is 8.55. The van der Waals surface area contributed by atoms with Crippen molar-refractivity contribution in [1.82, 2.24) is 5.32 Å². The van der Waals surface area contributed by atoms with Crippen molar-refractivity contribution in [3.63, 3.8) is 0 Å². The van der Waals surface area contributed by atoms with Crippen LogP contribution in [-0.4, -0.2) is 27.2 Å². The number of nitrogens with zero attached hydrogens (tertiary/aromatic N) is 1. The summed E-state index contributed by atoms with van der Waals surface area (Å²) in [5.74, 6) is -0.259. The molecule has 14 heavy (non-hydrogen) atoms. The van der Waals surface area contributed by atoms with Gasteiger partial charge in [0.25, 0.3) is 0 Å². The number of benzene rings is 1. The maximum Gasteiger partial charge on any atom is 0.125 e. The number of rotatable bonds is 4. The molecule has 78 valence electrons. The first-order valence-corrected chi connectivity index (χ1v) is 4.56. The minimum Gasteiger partial charge on any atom is -0.397 e. The number of nitrogen functional groups attached to an aromatic ring is 1. The number of anilines is 2. The Labute approximate surface area is 83.7 Å². The van der Waals surface area contributed by atoms with Gasteiger partial charge in [0.15, 0.2) is 0 Å². The van der Waals surface area contributed by atoms with E-state index < -0.39 is 0 Å². The molecule has 0 unspecified atom stereocenters. The van der Waals surface area contributed by atoms with E-state index in [2.05, 4.69) is 5.32 Å². The number of nitrogens with two attached hydrogens (primary N) is 1. The van der Waals surface area contributed by atoms with Gasteiger partial charge in [-0.25, -0.2) is 4.39 Å². The molecule has 0 heterocycles. The smallest absolute Gasteiger partial charge is 0.125 e. The van der Waals surface area contributed by atoms with Crippen LogP contribution in [0.3, 0.4) is 0 Å².